The lowest BCUT2D eigenvalue weighted by Crippen LogP contribution is -2.27. The summed E-state index contributed by atoms with van der Waals surface area (Å²) in [6.07, 6.45) is -3.45. The van der Waals surface area contributed by atoms with Crippen LogP contribution in [-0.2, 0) is 0 Å². The third-order valence-electron chi connectivity index (χ3n) is 4.10. The van der Waals surface area contributed by atoms with E-state index in [4.69, 9.17) is 5.41 Å². The van der Waals surface area contributed by atoms with Crippen LogP contribution in [-0.4, -0.2) is 12.4 Å². The molecule has 0 spiro atoms. The molecule has 0 amide bonds. The molecular formula is C21H17F4N3. The van der Waals surface area contributed by atoms with E-state index in [9.17, 15) is 17.6 Å². The lowest BCUT2D eigenvalue weighted by atomic mass is 10.1. The van der Waals surface area contributed by atoms with Crippen molar-refractivity contribution < 1.29 is 17.6 Å². The lowest BCUT2D eigenvalue weighted by Gasteiger charge is -2.23. The number of hydrogen-bond donors (Lipinski definition) is 3. The van der Waals surface area contributed by atoms with Crippen LogP contribution in [0.1, 0.15) is 17.2 Å². The van der Waals surface area contributed by atoms with Gasteiger partial charge in [0.05, 0.1) is 0 Å². The topological polar surface area (TPSA) is 47.9 Å². The molecule has 0 aliphatic rings. The molecule has 7 heteroatoms. The largest absolute Gasteiger partial charge is 0.412 e. The van der Waals surface area contributed by atoms with Gasteiger partial charge in [-0.25, -0.2) is 4.39 Å². The van der Waals surface area contributed by atoms with Gasteiger partial charge in [0.25, 0.3) is 0 Å². The summed E-state index contributed by atoms with van der Waals surface area (Å²) < 4.78 is 53.6. The fraction of sp³-hybridized carbons (Fsp3) is 0.0952. The Morgan fingerprint density at radius 1 is 0.857 bits per heavy atom. The van der Waals surface area contributed by atoms with Crippen molar-refractivity contribution in [3.63, 3.8) is 0 Å². The molecule has 0 saturated heterocycles. The molecule has 3 nitrogen and oxygen atoms in total. The van der Waals surface area contributed by atoms with Gasteiger partial charge in [-0.3, -0.25) is 0 Å². The van der Waals surface area contributed by atoms with E-state index in [1.54, 1.807) is 24.3 Å². The fourth-order valence-electron chi connectivity index (χ4n) is 2.74. The van der Waals surface area contributed by atoms with Crippen LogP contribution in [0.3, 0.4) is 0 Å². The summed E-state index contributed by atoms with van der Waals surface area (Å²) in [7, 11) is 0. The second kappa shape index (κ2) is 8.12. The Morgan fingerprint density at radius 2 is 1.50 bits per heavy atom. The van der Waals surface area contributed by atoms with Crippen molar-refractivity contribution in [3.8, 4) is 0 Å². The van der Waals surface area contributed by atoms with Crippen LogP contribution in [0.2, 0.25) is 0 Å². The molecule has 28 heavy (non-hydrogen) atoms. The van der Waals surface area contributed by atoms with Gasteiger partial charge in [-0.2, -0.15) is 13.2 Å². The normalized spacial score (nSPS) is 12.3. The molecule has 0 saturated carbocycles. The Bertz CT molecular complexity index is 938. The van der Waals surface area contributed by atoms with Gasteiger partial charge >= 0.3 is 6.18 Å². The van der Waals surface area contributed by atoms with Gasteiger partial charge in [-0.05, 0) is 48.0 Å². The SMILES string of the molecule is N=Cc1cc(NC(c2ccccc2)C(F)(F)F)ccc1Nc1ccc(F)cc1. The lowest BCUT2D eigenvalue weighted by molar-refractivity contribution is -0.144. The number of alkyl halides is 3. The van der Waals surface area contributed by atoms with E-state index in [1.807, 2.05) is 0 Å². The van der Waals surface area contributed by atoms with Crippen LogP contribution < -0.4 is 10.6 Å². The first-order valence-corrected chi connectivity index (χ1v) is 8.42. The second-order valence-electron chi connectivity index (χ2n) is 6.11. The maximum absolute atomic E-state index is 13.5. The van der Waals surface area contributed by atoms with Gasteiger partial charge in [0.1, 0.15) is 11.9 Å². The number of halogens is 4. The van der Waals surface area contributed by atoms with Crippen LogP contribution in [0.25, 0.3) is 0 Å². The molecule has 3 N–H and O–H groups in total. The van der Waals surface area contributed by atoms with E-state index in [0.717, 1.165) is 6.21 Å². The molecule has 0 aliphatic carbocycles. The molecule has 1 unspecified atom stereocenters. The zero-order valence-electron chi connectivity index (χ0n) is 14.6. The highest BCUT2D eigenvalue weighted by Gasteiger charge is 2.40. The Kier molecular flexibility index (Phi) is 5.63. The molecule has 0 heterocycles. The highest BCUT2D eigenvalue weighted by Crippen LogP contribution is 2.36. The van der Waals surface area contributed by atoms with Gasteiger partial charge in [0, 0.05) is 28.8 Å². The summed E-state index contributed by atoms with van der Waals surface area (Å²) in [6.45, 7) is 0. The number of benzene rings is 3. The molecule has 3 rings (SSSR count). The minimum Gasteiger partial charge on any atom is -0.370 e. The molecule has 0 aliphatic heterocycles. The summed E-state index contributed by atoms with van der Waals surface area (Å²) in [5.74, 6) is -0.378. The summed E-state index contributed by atoms with van der Waals surface area (Å²) >= 11 is 0. The van der Waals surface area contributed by atoms with Crippen LogP contribution in [0.15, 0.2) is 72.8 Å². The van der Waals surface area contributed by atoms with Crippen molar-refractivity contribution in [1.29, 1.82) is 5.41 Å². The molecule has 0 fully saturated rings. The molecule has 1 atom stereocenters. The Morgan fingerprint density at radius 3 is 2.11 bits per heavy atom. The van der Waals surface area contributed by atoms with Gasteiger partial charge in [0.15, 0.2) is 0 Å². The maximum atomic E-state index is 13.5. The average molecular weight is 387 g/mol. The highest BCUT2D eigenvalue weighted by molar-refractivity contribution is 5.89. The third kappa shape index (κ3) is 4.68. The highest BCUT2D eigenvalue weighted by atomic mass is 19.4. The van der Waals surface area contributed by atoms with Crippen LogP contribution >= 0.6 is 0 Å². The quantitative estimate of drug-likeness (QED) is 0.344. The van der Waals surface area contributed by atoms with E-state index in [-0.39, 0.29) is 17.1 Å². The van der Waals surface area contributed by atoms with E-state index in [2.05, 4.69) is 10.6 Å². The van der Waals surface area contributed by atoms with Crippen molar-refractivity contribution in [2.45, 2.75) is 12.2 Å². The molecule has 0 bridgehead atoms. The molecule has 0 radical (unpaired) electrons. The van der Waals surface area contributed by atoms with Crippen LogP contribution in [0, 0.1) is 11.2 Å². The number of nitrogens with one attached hydrogen (secondary N) is 3. The number of hydrogen-bond acceptors (Lipinski definition) is 3. The first kappa shape index (κ1) is 19.4. The Hall–Kier alpha value is -3.35. The summed E-state index contributed by atoms with van der Waals surface area (Å²) in [6, 6.07) is 15.9. The van der Waals surface area contributed by atoms with Gasteiger partial charge in [-0.1, -0.05) is 30.3 Å². The molecule has 0 aromatic heterocycles. The van der Waals surface area contributed by atoms with E-state index >= 15 is 0 Å². The molecule has 3 aromatic carbocycles. The van der Waals surface area contributed by atoms with Crippen molar-refractivity contribution in [2.75, 3.05) is 10.6 Å². The molecule has 144 valence electrons. The Balaban J connectivity index is 1.86. The molecule has 3 aromatic rings. The predicted molar refractivity (Wildman–Crippen MR) is 103 cm³/mol. The van der Waals surface area contributed by atoms with Crippen molar-refractivity contribution in [1.82, 2.24) is 0 Å². The van der Waals surface area contributed by atoms with Crippen molar-refractivity contribution in [2.24, 2.45) is 0 Å². The van der Waals surface area contributed by atoms with Gasteiger partial charge in [-0.15, -0.1) is 0 Å². The van der Waals surface area contributed by atoms with Crippen LogP contribution in [0.5, 0.6) is 0 Å². The number of rotatable bonds is 6. The number of anilines is 3. The summed E-state index contributed by atoms with van der Waals surface area (Å²) in [5.41, 5.74) is 1.84. The van der Waals surface area contributed by atoms with Gasteiger partial charge < -0.3 is 16.0 Å². The third-order valence-corrected chi connectivity index (χ3v) is 4.10. The van der Waals surface area contributed by atoms with Crippen molar-refractivity contribution >= 4 is 23.3 Å². The average Bonchev–Trinajstić information content (AvgIpc) is 2.68. The van der Waals surface area contributed by atoms with Gasteiger partial charge in [0.2, 0.25) is 0 Å². The zero-order valence-corrected chi connectivity index (χ0v) is 14.6. The minimum absolute atomic E-state index is 0.0971. The predicted octanol–water partition coefficient (Wildman–Crippen LogP) is 6.28. The van der Waals surface area contributed by atoms with E-state index in [0.29, 0.717) is 16.9 Å². The van der Waals surface area contributed by atoms with E-state index in [1.165, 1.54) is 48.5 Å². The fourth-order valence-corrected chi connectivity index (χ4v) is 2.74. The summed E-state index contributed by atoms with van der Waals surface area (Å²) in [4.78, 5) is 0. The second-order valence-corrected chi connectivity index (χ2v) is 6.11. The molecular weight excluding hydrogens is 370 g/mol. The van der Waals surface area contributed by atoms with Crippen molar-refractivity contribution in [3.05, 3.63) is 89.7 Å². The first-order valence-electron chi connectivity index (χ1n) is 8.42. The maximum Gasteiger partial charge on any atom is 0.412 e. The summed E-state index contributed by atoms with van der Waals surface area (Å²) in [5, 5.41) is 13.1. The van der Waals surface area contributed by atoms with E-state index < -0.39 is 12.2 Å². The smallest absolute Gasteiger partial charge is 0.370 e. The monoisotopic (exact) mass is 387 g/mol. The van der Waals surface area contributed by atoms with Crippen LogP contribution in [0.4, 0.5) is 34.6 Å². The standard InChI is InChI=1S/C21H17F4N3/c22-16-6-8-17(9-7-16)27-19-11-10-18(12-15(19)13-26)28-20(21(23,24)25)14-4-2-1-3-5-14/h1-13,20,26-28H. The first-order chi connectivity index (χ1) is 13.4. The zero-order chi connectivity index (χ0) is 20.1. The minimum atomic E-state index is -4.49. The Labute approximate surface area is 159 Å².